The third-order valence-corrected chi connectivity index (χ3v) is 5.50. The standard InChI is InChI=1S/C20H24N6O3/c1-24-12-16(9-21-24)25-11-15(4-5-18(25)27)20-22-19(17-3-2-7-29-17)23-26(20)10-14-6-8-28-13-14/h4-5,9,11-12,14,17H,2-3,6-8,10,13H2,1H3. The van der Waals surface area contributed by atoms with Crippen LogP contribution < -0.4 is 5.56 Å². The van der Waals surface area contributed by atoms with Crippen LogP contribution in [0.25, 0.3) is 17.1 Å². The van der Waals surface area contributed by atoms with Crippen LogP contribution in [0.3, 0.4) is 0 Å². The van der Waals surface area contributed by atoms with Crippen LogP contribution in [-0.2, 0) is 23.1 Å². The molecule has 0 radical (unpaired) electrons. The maximum Gasteiger partial charge on any atom is 0.255 e. The van der Waals surface area contributed by atoms with Crippen LogP contribution in [0.4, 0.5) is 0 Å². The maximum absolute atomic E-state index is 12.4. The van der Waals surface area contributed by atoms with Crippen molar-refractivity contribution in [2.45, 2.75) is 31.9 Å². The van der Waals surface area contributed by atoms with Gasteiger partial charge in [-0.15, -0.1) is 0 Å². The van der Waals surface area contributed by atoms with Crippen LogP contribution in [0.15, 0.2) is 35.5 Å². The molecule has 0 N–H and O–H groups in total. The molecule has 0 bridgehead atoms. The smallest absolute Gasteiger partial charge is 0.255 e. The lowest BCUT2D eigenvalue weighted by molar-refractivity contribution is 0.104. The molecule has 0 spiro atoms. The van der Waals surface area contributed by atoms with E-state index in [9.17, 15) is 4.79 Å². The van der Waals surface area contributed by atoms with Gasteiger partial charge in [0.1, 0.15) is 6.10 Å². The van der Waals surface area contributed by atoms with Crippen molar-refractivity contribution in [3.63, 3.8) is 0 Å². The van der Waals surface area contributed by atoms with E-state index in [1.165, 1.54) is 0 Å². The van der Waals surface area contributed by atoms with E-state index in [0.29, 0.717) is 11.6 Å². The molecular formula is C20H24N6O3. The summed E-state index contributed by atoms with van der Waals surface area (Å²) in [6, 6.07) is 3.37. The van der Waals surface area contributed by atoms with Crippen LogP contribution in [0.2, 0.25) is 0 Å². The monoisotopic (exact) mass is 396 g/mol. The normalized spacial score (nSPS) is 21.8. The largest absolute Gasteiger partial charge is 0.381 e. The first-order valence-corrected chi connectivity index (χ1v) is 10.0. The van der Waals surface area contributed by atoms with Gasteiger partial charge in [0.15, 0.2) is 11.6 Å². The highest BCUT2D eigenvalue weighted by atomic mass is 16.5. The highest BCUT2D eigenvalue weighted by Gasteiger charge is 2.26. The van der Waals surface area contributed by atoms with Crippen molar-refractivity contribution in [2.75, 3.05) is 19.8 Å². The summed E-state index contributed by atoms with van der Waals surface area (Å²) in [5.74, 6) is 1.88. The van der Waals surface area contributed by atoms with E-state index < -0.39 is 0 Å². The van der Waals surface area contributed by atoms with E-state index in [1.807, 2.05) is 24.1 Å². The van der Waals surface area contributed by atoms with Gasteiger partial charge in [0, 0.05) is 56.7 Å². The van der Waals surface area contributed by atoms with Crippen LogP contribution in [-0.4, -0.2) is 48.9 Å². The second-order valence-electron chi connectivity index (χ2n) is 7.71. The van der Waals surface area contributed by atoms with Gasteiger partial charge in [-0.3, -0.25) is 14.0 Å². The molecule has 3 aromatic rings. The van der Waals surface area contributed by atoms with Crippen molar-refractivity contribution < 1.29 is 9.47 Å². The summed E-state index contributed by atoms with van der Waals surface area (Å²) in [4.78, 5) is 17.3. The number of hydrogen-bond donors (Lipinski definition) is 0. The number of aromatic nitrogens is 6. The van der Waals surface area contributed by atoms with Gasteiger partial charge in [-0.25, -0.2) is 9.67 Å². The lowest BCUT2D eigenvalue weighted by Gasteiger charge is -2.11. The second kappa shape index (κ2) is 7.57. The molecule has 2 atom stereocenters. The molecule has 2 aliphatic rings. The predicted octanol–water partition coefficient (Wildman–Crippen LogP) is 1.72. The zero-order chi connectivity index (χ0) is 19.8. The minimum Gasteiger partial charge on any atom is -0.381 e. The van der Waals surface area contributed by atoms with Crippen LogP contribution in [0.1, 0.15) is 31.2 Å². The zero-order valence-corrected chi connectivity index (χ0v) is 16.4. The Labute approximate surface area is 167 Å². The Morgan fingerprint density at radius 1 is 1.21 bits per heavy atom. The fraction of sp³-hybridized carbons (Fsp3) is 0.500. The van der Waals surface area contributed by atoms with E-state index in [0.717, 1.165) is 62.8 Å². The molecule has 0 aromatic carbocycles. The molecule has 5 heterocycles. The Morgan fingerprint density at radius 2 is 2.14 bits per heavy atom. The summed E-state index contributed by atoms with van der Waals surface area (Å²) in [5, 5.41) is 8.95. The molecule has 29 heavy (non-hydrogen) atoms. The molecule has 0 aliphatic carbocycles. The summed E-state index contributed by atoms with van der Waals surface area (Å²) in [5.41, 5.74) is 1.44. The highest BCUT2D eigenvalue weighted by molar-refractivity contribution is 5.54. The lowest BCUT2D eigenvalue weighted by atomic mass is 10.1. The summed E-state index contributed by atoms with van der Waals surface area (Å²) >= 11 is 0. The third-order valence-electron chi connectivity index (χ3n) is 5.50. The molecule has 9 heteroatoms. The highest BCUT2D eigenvalue weighted by Crippen LogP contribution is 2.29. The number of pyridine rings is 1. The third kappa shape index (κ3) is 3.63. The van der Waals surface area contributed by atoms with E-state index in [4.69, 9.17) is 19.6 Å². The SMILES string of the molecule is Cn1cc(-n2cc(-c3nc(C4CCCO4)nn3CC3CCOC3)ccc2=O)cn1. The van der Waals surface area contributed by atoms with Gasteiger partial charge in [-0.2, -0.15) is 10.2 Å². The summed E-state index contributed by atoms with van der Waals surface area (Å²) in [6.45, 7) is 3.01. The maximum atomic E-state index is 12.4. The quantitative estimate of drug-likeness (QED) is 0.652. The van der Waals surface area contributed by atoms with Crippen LogP contribution in [0, 0.1) is 5.92 Å². The zero-order valence-electron chi connectivity index (χ0n) is 16.4. The lowest BCUT2D eigenvalue weighted by Crippen LogP contribution is -2.17. The van der Waals surface area contributed by atoms with E-state index in [1.54, 1.807) is 27.6 Å². The van der Waals surface area contributed by atoms with E-state index in [2.05, 4.69) is 5.10 Å². The number of hydrogen-bond acceptors (Lipinski definition) is 6. The molecule has 5 rings (SSSR count). The van der Waals surface area contributed by atoms with Crippen molar-refractivity contribution in [1.29, 1.82) is 0 Å². The molecule has 152 valence electrons. The Bertz CT molecular complexity index is 1060. The topological polar surface area (TPSA) is 89.0 Å². The van der Waals surface area contributed by atoms with Crippen molar-refractivity contribution in [3.05, 3.63) is 46.9 Å². The van der Waals surface area contributed by atoms with Gasteiger partial charge in [0.25, 0.3) is 5.56 Å². The minimum atomic E-state index is -0.114. The van der Waals surface area contributed by atoms with Gasteiger partial charge in [-0.1, -0.05) is 0 Å². The van der Waals surface area contributed by atoms with Gasteiger partial charge in [0.2, 0.25) is 0 Å². The molecule has 0 saturated carbocycles. The van der Waals surface area contributed by atoms with Crippen molar-refractivity contribution in [1.82, 2.24) is 29.1 Å². The number of rotatable bonds is 5. The number of ether oxygens (including phenoxy) is 2. The summed E-state index contributed by atoms with van der Waals surface area (Å²) in [7, 11) is 1.83. The van der Waals surface area contributed by atoms with E-state index >= 15 is 0 Å². The number of nitrogens with zero attached hydrogens (tertiary/aromatic N) is 6. The molecule has 0 amide bonds. The molecule has 2 aliphatic heterocycles. The van der Waals surface area contributed by atoms with Crippen LogP contribution >= 0.6 is 0 Å². The van der Waals surface area contributed by atoms with Gasteiger partial charge in [0.05, 0.1) is 18.5 Å². The molecule has 3 aromatic heterocycles. The molecule has 2 saturated heterocycles. The average Bonchev–Trinajstić information content (AvgIpc) is 3.50. The second-order valence-corrected chi connectivity index (χ2v) is 7.71. The Kier molecular flexibility index (Phi) is 4.76. The first-order chi connectivity index (χ1) is 14.2. The van der Waals surface area contributed by atoms with Gasteiger partial charge >= 0.3 is 0 Å². The van der Waals surface area contributed by atoms with Gasteiger partial charge in [-0.05, 0) is 25.3 Å². The van der Waals surface area contributed by atoms with Crippen molar-refractivity contribution in [2.24, 2.45) is 13.0 Å². The molecule has 9 nitrogen and oxygen atoms in total. The molecular weight excluding hydrogens is 372 g/mol. The Morgan fingerprint density at radius 3 is 2.86 bits per heavy atom. The predicted molar refractivity (Wildman–Crippen MR) is 105 cm³/mol. The number of aryl methyl sites for hydroxylation is 1. The van der Waals surface area contributed by atoms with Crippen molar-refractivity contribution in [3.8, 4) is 17.1 Å². The fourth-order valence-corrected chi connectivity index (χ4v) is 3.94. The van der Waals surface area contributed by atoms with Gasteiger partial charge < -0.3 is 9.47 Å². The summed E-state index contributed by atoms with van der Waals surface area (Å²) < 4.78 is 16.5. The molecule has 2 unspecified atom stereocenters. The first kappa shape index (κ1) is 18.3. The average molecular weight is 396 g/mol. The fourth-order valence-electron chi connectivity index (χ4n) is 3.94. The Hall–Kier alpha value is -2.78. The first-order valence-electron chi connectivity index (χ1n) is 10.0. The van der Waals surface area contributed by atoms with Crippen molar-refractivity contribution >= 4 is 0 Å². The summed E-state index contributed by atoms with van der Waals surface area (Å²) in [6.07, 6.45) is 8.21. The Balaban J connectivity index is 1.55. The minimum absolute atomic E-state index is 0.0564. The molecule has 2 fully saturated rings. The van der Waals surface area contributed by atoms with E-state index in [-0.39, 0.29) is 11.7 Å². The van der Waals surface area contributed by atoms with Crippen LogP contribution in [0.5, 0.6) is 0 Å².